The van der Waals surface area contributed by atoms with Crippen molar-refractivity contribution in [3.8, 4) is 0 Å². The van der Waals surface area contributed by atoms with Crippen molar-refractivity contribution in [3.63, 3.8) is 0 Å². The maximum atomic E-state index is 9.15. The summed E-state index contributed by atoms with van der Waals surface area (Å²) in [5.74, 6) is 1.92. The van der Waals surface area contributed by atoms with Gasteiger partial charge in [-0.25, -0.2) is 4.98 Å². The molecule has 1 rings (SSSR count). The lowest BCUT2D eigenvalue weighted by molar-refractivity contribution is 0.277. The number of halogens is 1. The monoisotopic (exact) mass is 274 g/mol. The minimum absolute atomic E-state index is 0.125. The summed E-state index contributed by atoms with van der Waals surface area (Å²) >= 11 is 7.76. The average Bonchev–Trinajstić information content (AvgIpc) is 2.35. The molecule has 0 saturated carbocycles. The number of rotatable bonds is 6. The zero-order valence-corrected chi connectivity index (χ0v) is 12.1. The van der Waals surface area contributed by atoms with Crippen LogP contribution in [0.2, 0.25) is 5.02 Å². The predicted octanol–water partition coefficient (Wildman–Crippen LogP) is 2.81. The number of nitrogens with zero attached hydrogens (tertiary/aromatic N) is 2. The van der Waals surface area contributed by atoms with Crippen LogP contribution in [-0.2, 0) is 6.61 Å². The molecule has 1 unspecified atom stereocenters. The van der Waals surface area contributed by atoms with Gasteiger partial charge >= 0.3 is 0 Å². The van der Waals surface area contributed by atoms with Crippen LogP contribution in [0.4, 0.5) is 5.82 Å². The summed E-state index contributed by atoms with van der Waals surface area (Å²) < 4.78 is 0. The van der Waals surface area contributed by atoms with Crippen LogP contribution in [0, 0.1) is 0 Å². The zero-order chi connectivity index (χ0) is 12.8. The molecule has 96 valence electrons. The minimum Gasteiger partial charge on any atom is -0.390 e. The lowest BCUT2D eigenvalue weighted by Crippen LogP contribution is -2.33. The van der Waals surface area contributed by atoms with Gasteiger partial charge in [-0.1, -0.05) is 18.5 Å². The van der Waals surface area contributed by atoms with E-state index in [0.717, 1.165) is 18.0 Å². The summed E-state index contributed by atoms with van der Waals surface area (Å²) in [5.41, 5.74) is 0.537. The van der Waals surface area contributed by atoms with E-state index in [9.17, 15) is 0 Å². The molecule has 0 saturated heterocycles. The van der Waals surface area contributed by atoms with E-state index in [1.807, 2.05) is 24.9 Å². The Morgan fingerprint density at radius 3 is 2.76 bits per heavy atom. The Hall–Kier alpha value is -0.450. The highest BCUT2D eigenvalue weighted by molar-refractivity contribution is 7.98. The van der Waals surface area contributed by atoms with Crippen LogP contribution in [0.3, 0.4) is 0 Å². The Morgan fingerprint density at radius 1 is 1.53 bits per heavy atom. The van der Waals surface area contributed by atoms with Crippen LogP contribution < -0.4 is 4.90 Å². The molecule has 3 nitrogen and oxygen atoms in total. The Labute approximate surface area is 112 Å². The van der Waals surface area contributed by atoms with Crippen molar-refractivity contribution >= 4 is 29.2 Å². The number of aromatic nitrogens is 1. The number of hydrogen-bond acceptors (Lipinski definition) is 4. The average molecular weight is 275 g/mol. The third-order valence-corrected chi connectivity index (χ3v) is 3.86. The lowest BCUT2D eigenvalue weighted by Gasteiger charge is -2.28. The van der Waals surface area contributed by atoms with Crippen LogP contribution in [0.15, 0.2) is 12.1 Å². The number of pyridine rings is 1. The quantitative estimate of drug-likeness (QED) is 0.865. The molecule has 0 aliphatic rings. The van der Waals surface area contributed by atoms with Gasteiger partial charge in [0, 0.05) is 18.8 Å². The van der Waals surface area contributed by atoms with E-state index in [1.54, 1.807) is 6.07 Å². The molecule has 1 N–H and O–H groups in total. The molecule has 1 atom stereocenters. The van der Waals surface area contributed by atoms with Crippen molar-refractivity contribution < 1.29 is 5.11 Å². The summed E-state index contributed by atoms with van der Waals surface area (Å²) in [4.78, 5) is 6.52. The van der Waals surface area contributed by atoms with E-state index < -0.39 is 0 Å². The largest absolute Gasteiger partial charge is 0.390 e. The van der Waals surface area contributed by atoms with E-state index in [1.165, 1.54) is 0 Å². The van der Waals surface area contributed by atoms with Crippen molar-refractivity contribution in [3.05, 3.63) is 22.8 Å². The van der Waals surface area contributed by atoms with Crippen LogP contribution >= 0.6 is 23.4 Å². The van der Waals surface area contributed by atoms with Gasteiger partial charge < -0.3 is 10.0 Å². The molecule has 0 aromatic carbocycles. The third kappa shape index (κ3) is 3.76. The fourth-order valence-electron chi connectivity index (χ4n) is 1.66. The second-order valence-corrected chi connectivity index (χ2v) is 5.20. The molecule has 0 bridgehead atoms. The number of aliphatic hydroxyl groups excluding tert-OH is 1. The molecule has 0 fully saturated rings. The van der Waals surface area contributed by atoms with Crippen LogP contribution in [0.25, 0.3) is 0 Å². The van der Waals surface area contributed by atoms with Crippen LogP contribution in [0.1, 0.15) is 19.0 Å². The first-order valence-corrected chi connectivity index (χ1v) is 7.39. The van der Waals surface area contributed by atoms with E-state index in [-0.39, 0.29) is 6.61 Å². The first-order valence-electron chi connectivity index (χ1n) is 5.62. The van der Waals surface area contributed by atoms with Crippen molar-refractivity contribution in [1.29, 1.82) is 0 Å². The standard InChI is InChI=1S/C12H19ClN2OS/c1-4-9(8-17-3)15(2)12-6-5-10(13)11(7-16)14-12/h5-6,9,16H,4,7-8H2,1-3H3. The fraction of sp³-hybridized carbons (Fsp3) is 0.583. The van der Waals surface area contributed by atoms with Crippen molar-refractivity contribution in [2.75, 3.05) is 24.0 Å². The Morgan fingerprint density at radius 2 is 2.24 bits per heavy atom. The Balaban J connectivity index is 2.90. The van der Waals surface area contributed by atoms with Crippen LogP contribution in [-0.4, -0.2) is 35.2 Å². The molecular formula is C12H19ClN2OS. The maximum absolute atomic E-state index is 9.15. The molecule has 1 heterocycles. The van der Waals surface area contributed by atoms with Gasteiger partial charge in [0.2, 0.25) is 0 Å². The zero-order valence-electron chi connectivity index (χ0n) is 10.5. The Bertz CT molecular complexity index is 362. The van der Waals surface area contributed by atoms with E-state index in [0.29, 0.717) is 16.8 Å². The summed E-state index contributed by atoms with van der Waals surface area (Å²) in [6.07, 6.45) is 3.17. The smallest absolute Gasteiger partial charge is 0.129 e. The first-order chi connectivity index (χ1) is 8.13. The molecule has 0 spiro atoms. The Kier molecular flexibility index (Phi) is 6.09. The molecule has 5 heteroatoms. The highest BCUT2D eigenvalue weighted by Gasteiger charge is 2.14. The minimum atomic E-state index is -0.125. The first kappa shape index (κ1) is 14.6. The van der Waals surface area contributed by atoms with Crippen LogP contribution in [0.5, 0.6) is 0 Å². The molecule has 0 aliphatic heterocycles. The maximum Gasteiger partial charge on any atom is 0.129 e. The van der Waals surface area contributed by atoms with Crippen molar-refractivity contribution in [2.45, 2.75) is 26.0 Å². The van der Waals surface area contributed by atoms with Gasteiger partial charge in [-0.15, -0.1) is 0 Å². The molecule has 1 aromatic heterocycles. The topological polar surface area (TPSA) is 36.4 Å². The summed E-state index contributed by atoms with van der Waals surface area (Å²) in [7, 11) is 2.03. The molecule has 0 aliphatic carbocycles. The van der Waals surface area contributed by atoms with Gasteiger partial charge in [-0.05, 0) is 24.8 Å². The van der Waals surface area contributed by atoms with Gasteiger partial charge in [0.15, 0.2) is 0 Å². The van der Waals surface area contributed by atoms with Gasteiger partial charge in [-0.2, -0.15) is 11.8 Å². The molecule has 1 aromatic rings. The van der Waals surface area contributed by atoms with E-state index in [4.69, 9.17) is 16.7 Å². The number of anilines is 1. The van der Waals surface area contributed by atoms with Gasteiger partial charge in [0.25, 0.3) is 0 Å². The predicted molar refractivity (Wildman–Crippen MR) is 76.0 cm³/mol. The number of thioether (sulfide) groups is 1. The molecule has 0 amide bonds. The highest BCUT2D eigenvalue weighted by atomic mass is 35.5. The summed E-state index contributed by atoms with van der Waals surface area (Å²) in [6, 6.07) is 4.13. The summed E-state index contributed by atoms with van der Waals surface area (Å²) in [5, 5.41) is 9.67. The molecule has 0 radical (unpaired) electrons. The fourth-order valence-corrected chi connectivity index (χ4v) is 2.67. The second kappa shape index (κ2) is 7.09. The summed E-state index contributed by atoms with van der Waals surface area (Å²) in [6.45, 7) is 2.04. The van der Waals surface area contributed by atoms with E-state index >= 15 is 0 Å². The van der Waals surface area contributed by atoms with E-state index in [2.05, 4.69) is 23.1 Å². The third-order valence-electron chi connectivity index (χ3n) is 2.79. The van der Waals surface area contributed by atoms with Gasteiger partial charge in [0.1, 0.15) is 5.82 Å². The number of aliphatic hydroxyl groups is 1. The highest BCUT2D eigenvalue weighted by Crippen LogP contribution is 2.21. The molecular weight excluding hydrogens is 256 g/mol. The SMILES string of the molecule is CCC(CSC)N(C)c1ccc(Cl)c(CO)n1. The van der Waals surface area contributed by atoms with Crippen molar-refractivity contribution in [2.24, 2.45) is 0 Å². The van der Waals surface area contributed by atoms with Gasteiger partial charge in [0.05, 0.1) is 17.3 Å². The molecule has 17 heavy (non-hydrogen) atoms. The second-order valence-electron chi connectivity index (χ2n) is 3.88. The van der Waals surface area contributed by atoms with Crippen molar-refractivity contribution in [1.82, 2.24) is 4.98 Å². The lowest BCUT2D eigenvalue weighted by atomic mass is 10.2. The van der Waals surface area contributed by atoms with Gasteiger partial charge in [-0.3, -0.25) is 0 Å². The normalized spacial score (nSPS) is 12.5. The number of hydrogen-bond donors (Lipinski definition) is 1.